The van der Waals surface area contributed by atoms with Crippen molar-refractivity contribution in [3.63, 3.8) is 0 Å². The van der Waals surface area contributed by atoms with Gasteiger partial charge in [0.15, 0.2) is 0 Å². The highest BCUT2D eigenvalue weighted by Crippen LogP contribution is 2.42. The van der Waals surface area contributed by atoms with Crippen molar-refractivity contribution in [1.29, 1.82) is 0 Å². The zero-order valence-electron chi connectivity index (χ0n) is 23.9. The predicted molar refractivity (Wildman–Crippen MR) is 145 cm³/mol. The van der Waals surface area contributed by atoms with Gasteiger partial charge in [-0.15, -0.1) is 11.3 Å². The maximum Gasteiger partial charge on any atom is 0.0719 e. The van der Waals surface area contributed by atoms with Crippen molar-refractivity contribution in [1.82, 2.24) is 4.98 Å². The van der Waals surface area contributed by atoms with Gasteiger partial charge in [-0.1, -0.05) is 75.4 Å². The Morgan fingerprint density at radius 1 is 0.848 bits per heavy atom. The van der Waals surface area contributed by atoms with Crippen molar-refractivity contribution in [3.8, 4) is 11.3 Å². The number of pyridine rings is 1. The molecule has 0 amide bonds. The predicted octanol–water partition coefficient (Wildman–Crippen LogP) is 9.32. The first-order valence-corrected chi connectivity index (χ1v) is 12.0. The van der Waals surface area contributed by atoms with E-state index in [1.165, 1.54) is 37.8 Å². The molecular weight excluding hydrogens is 418 g/mol. The fourth-order valence-electron chi connectivity index (χ4n) is 4.61. The van der Waals surface area contributed by atoms with E-state index in [4.69, 9.17) is 6.85 Å². The number of hydrogen-bond donors (Lipinski definition) is 0. The van der Waals surface area contributed by atoms with Crippen LogP contribution in [-0.2, 0) is 6.37 Å². The minimum absolute atomic E-state index is 0.0391. The van der Waals surface area contributed by atoms with E-state index in [1.54, 1.807) is 38.2 Å². The van der Waals surface area contributed by atoms with Gasteiger partial charge in [0.25, 0.3) is 0 Å². The van der Waals surface area contributed by atoms with Crippen LogP contribution in [0.5, 0.6) is 0 Å². The number of thiophene rings is 1. The van der Waals surface area contributed by atoms with Gasteiger partial charge in [0.1, 0.15) is 0 Å². The van der Waals surface area contributed by atoms with Gasteiger partial charge in [0, 0.05) is 38.8 Å². The summed E-state index contributed by atoms with van der Waals surface area (Å²) in [4.78, 5) is 4.57. The number of hydrogen-bond acceptors (Lipinski definition) is 2. The Hall–Kier alpha value is -3.23. The number of fused-ring (bicyclic) bond motifs is 6. The first-order valence-electron chi connectivity index (χ1n) is 13.6. The van der Waals surface area contributed by atoms with Gasteiger partial charge in [-0.05, 0) is 69.5 Å². The molecule has 0 N–H and O–H groups in total. The highest BCUT2D eigenvalue weighted by molar-refractivity contribution is 7.26. The Morgan fingerprint density at radius 3 is 2.52 bits per heavy atom. The lowest BCUT2D eigenvalue weighted by molar-refractivity contribution is 0.410. The summed E-state index contributed by atoms with van der Waals surface area (Å²) in [5.74, 6) is 0. The van der Waals surface area contributed by atoms with Crippen molar-refractivity contribution in [3.05, 3.63) is 90.1 Å². The van der Waals surface area contributed by atoms with Gasteiger partial charge >= 0.3 is 0 Å². The first kappa shape index (κ1) is 15.6. The molecule has 0 unspecified atom stereocenters. The number of aromatic nitrogens is 1. The Kier molecular flexibility index (Phi) is 3.49. The molecule has 0 atom stereocenters. The molecule has 0 saturated heterocycles. The minimum Gasteiger partial charge on any atom is -0.256 e. The van der Waals surface area contributed by atoms with Gasteiger partial charge in [0.05, 0.1) is 5.69 Å². The summed E-state index contributed by atoms with van der Waals surface area (Å²) < 4.78 is 44.1. The molecule has 2 heterocycles. The third kappa shape index (κ3) is 3.50. The molecule has 4 aromatic carbocycles. The van der Waals surface area contributed by atoms with E-state index in [0.29, 0.717) is 5.69 Å². The van der Waals surface area contributed by atoms with Crippen LogP contribution < -0.4 is 0 Å². The van der Waals surface area contributed by atoms with Crippen LogP contribution in [0.2, 0.25) is 0 Å². The normalized spacial score (nSPS) is 15.4. The van der Waals surface area contributed by atoms with Gasteiger partial charge < -0.3 is 0 Å². The van der Waals surface area contributed by atoms with Crippen molar-refractivity contribution < 1.29 is 6.85 Å². The zero-order chi connectivity index (χ0) is 27.0. The molecule has 0 aliphatic heterocycles. The van der Waals surface area contributed by atoms with Crippen LogP contribution in [0.3, 0.4) is 0 Å². The van der Waals surface area contributed by atoms with E-state index in [2.05, 4.69) is 59.6 Å². The highest BCUT2D eigenvalue weighted by atomic mass is 32.1. The standard InChI is InChI=1S/C31H27NS/c1-19-18-32-28(15-22(19)17-31(2,3)4)25-11-7-10-24-27-14-21-13-12-20-8-5-6-9-23(20)26(21)16-29(27)33-30(24)25/h5-16,18H,17H2,1-4H3/i1D3,17D2. The molecule has 6 aromatic rings. The van der Waals surface area contributed by atoms with Crippen LogP contribution in [0, 0.1) is 12.3 Å². The van der Waals surface area contributed by atoms with Crippen molar-refractivity contribution in [2.45, 2.75) is 34.0 Å². The minimum atomic E-state index is -2.47. The lowest BCUT2D eigenvalue weighted by Crippen LogP contribution is -2.10. The van der Waals surface area contributed by atoms with Crippen molar-refractivity contribution in [2.75, 3.05) is 0 Å². The zero-order valence-corrected chi connectivity index (χ0v) is 19.7. The number of aryl methyl sites for hydroxylation is 1. The summed E-state index contributed by atoms with van der Waals surface area (Å²) in [7, 11) is 0. The van der Waals surface area contributed by atoms with E-state index in [0.717, 1.165) is 15.6 Å². The maximum absolute atomic E-state index is 8.89. The van der Waals surface area contributed by atoms with E-state index in [9.17, 15) is 0 Å². The molecule has 0 bridgehead atoms. The van der Waals surface area contributed by atoms with Crippen LogP contribution in [0.1, 0.15) is 38.8 Å². The SMILES string of the molecule is [2H]C([2H])([2H])c1cnc(-c2cccc3c2sc2cc4c(ccc5ccccc54)cc23)cc1C([2H])([2H])C(C)(C)C. The first-order chi connectivity index (χ1) is 17.9. The molecule has 0 saturated carbocycles. The summed E-state index contributed by atoms with van der Waals surface area (Å²) in [6.07, 6.45) is -0.533. The Morgan fingerprint density at radius 2 is 1.67 bits per heavy atom. The summed E-state index contributed by atoms with van der Waals surface area (Å²) in [6, 6.07) is 25.0. The smallest absolute Gasteiger partial charge is 0.0719 e. The van der Waals surface area contributed by atoms with E-state index in [-0.39, 0.29) is 11.1 Å². The van der Waals surface area contributed by atoms with Crippen LogP contribution in [0.15, 0.2) is 79.0 Å². The Labute approximate surface area is 205 Å². The van der Waals surface area contributed by atoms with Crippen LogP contribution in [-0.4, -0.2) is 4.98 Å². The van der Waals surface area contributed by atoms with E-state index >= 15 is 0 Å². The largest absolute Gasteiger partial charge is 0.256 e. The van der Waals surface area contributed by atoms with Crippen LogP contribution in [0.4, 0.5) is 0 Å². The average Bonchev–Trinajstić information content (AvgIpc) is 3.23. The second kappa shape index (κ2) is 7.40. The molecule has 2 aromatic heterocycles. The third-order valence-electron chi connectivity index (χ3n) is 6.05. The van der Waals surface area contributed by atoms with Crippen LogP contribution in [0.25, 0.3) is 53.0 Å². The fourth-order valence-corrected chi connectivity index (χ4v) is 5.86. The molecule has 0 fully saturated rings. The lowest BCUT2D eigenvalue weighted by Gasteiger charge is -2.20. The topological polar surface area (TPSA) is 12.9 Å². The van der Waals surface area contributed by atoms with Gasteiger partial charge in [0.2, 0.25) is 0 Å². The number of benzene rings is 4. The maximum atomic E-state index is 8.89. The van der Waals surface area contributed by atoms with E-state index < -0.39 is 18.6 Å². The molecule has 1 nitrogen and oxygen atoms in total. The van der Waals surface area contributed by atoms with Gasteiger partial charge in [-0.25, -0.2) is 0 Å². The molecular formula is C31H27NS. The number of nitrogens with zero attached hydrogens (tertiary/aromatic N) is 1. The van der Waals surface area contributed by atoms with Crippen LogP contribution >= 0.6 is 11.3 Å². The van der Waals surface area contributed by atoms with Gasteiger partial charge in [-0.3, -0.25) is 4.98 Å². The highest BCUT2D eigenvalue weighted by Gasteiger charge is 2.16. The fraction of sp³-hybridized carbons (Fsp3) is 0.194. The summed E-state index contributed by atoms with van der Waals surface area (Å²) in [5, 5.41) is 7.10. The lowest BCUT2D eigenvalue weighted by atomic mass is 9.86. The molecule has 162 valence electrons. The van der Waals surface area contributed by atoms with Crippen molar-refractivity contribution in [2.24, 2.45) is 5.41 Å². The molecule has 2 heteroatoms. The monoisotopic (exact) mass is 450 g/mol. The molecule has 6 rings (SSSR count). The quantitative estimate of drug-likeness (QED) is 0.239. The Bertz CT molecular complexity index is 1880. The second-order valence-electron chi connectivity index (χ2n) is 9.63. The third-order valence-corrected chi connectivity index (χ3v) is 7.25. The molecule has 0 aliphatic rings. The summed E-state index contributed by atoms with van der Waals surface area (Å²) in [6.45, 7) is 2.90. The molecule has 0 spiro atoms. The molecule has 33 heavy (non-hydrogen) atoms. The van der Waals surface area contributed by atoms with Gasteiger partial charge in [-0.2, -0.15) is 0 Å². The average molecular weight is 451 g/mol. The second-order valence-corrected chi connectivity index (χ2v) is 10.7. The van der Waals surface area contributed by atoms with Crippen molar-refractivity contribution >= 4 is 53.1 Å². The molecule has 0 aliphatic carbocycles. The summed E-state index contributed by atoms with van der Waals surface area (Å²) >= 11 is 1.69. The molecule has 0 radical (unpaired) electrons. The summed E-state index contributed by atoms with van der Waals surface area (Å²) in [5.41, 5.74) is 0.778. The Balaban J connectivity index is 1.61. The number of rotatable bonds is 2. The van der Waals surface area contributed by atoms with E-state index in [1.807, 2.05) is 12.1 Å².